The molecule has 5 nitrogen and oxygen atoms in total. The van der Waals surface area contributed by atoms with Crippen LogP contribution < -0.4 is 14.2 Å². The van der Waals surface area contributed by atoms with Gasteiger partial charge in [-0.1, -0.05) is 42.1 Å². The molecule has 3 rings (SSSR count). The molecule has 0 fully saturated rings. The molecule has 1 aliphatic heterocycles. The summed E-state index contributed by atoms with van der Waals surface area (Å²) >= 11 is 1.34. The Morgan fingerprint density at radius 1 is 0.920 bits per heavy atom. The number of nitrogens with zero attached hydrogens (tertiary/aromatic N) is 1. The predicted octanol–water partition coefficient (Wildman–Crippen LogP) is 3.77. The monoisotopic (exact) mass is 355 g/mol. The van der Waals surface area contributed by atoms with E-state index in [1.165, 1.54) is 11.8 Å². The second-order valence-corrected chi connectivity index (χ2v) is 6.15. The van der Waals surface area contributed by atoms with E-state index in [2.05, 4.69) is 4.99 Å². The molecule has 0 saturated heterocycles. The third-order valence-electron chi connectivity index (χ3n) is 3.66. The number of amides is 1. The van der Waals surface area contributed by atoms with Gasteiger partial charge in [0.2, 0.25) is 5.75 Å². The summed E-state index contributed by atoms with van der Waals surface area (Å²) < 4.78 is 16.1. The Bertz CT molecular complexity index is 859. The first-order valence-corrected chi connectivity index (χ1v) is 8.36. The van der Waals surface area contributed by atoms with Gasteiger partial charge in [0.15, 0.2) is 11.5 Å². The fraction of sp³-hybridized carbons (Fsp3) is 0.158. The summed E-state index contributed by atoms with van der Waals surface area (Å²) in [5.74, 6) is 1.30. The van der Waals surface area contributed by atoms with Gasteiger partial charge in [0.25, 0.3) is 5.91 Å². The van der Waals surface area contributed by atoms with Gasteiger partial charge in [-0.05, 0) is 18.2 Å². The minimum atomic E-state index is -0.263. The molecule has 2 aromatic carbocycles. The molecule has 0 bridgehead atoms. The molecule has 0 N–H and O–H groups in total. The Balaban J connectivity index is 1.96. The van der Waals surface area contributed by atoms with Gasteiger partial charge in [-0.3, -0.25) is 4.79 Å². The van der Waals surface area contributed by atoms with Crippen molar-refractivity contribution in [3.63, 3.8) is 0 Å². The molecule has 0 atom stereocenters. The number of thioether (sulfide) groups is 1. The molecule has 0 saturated carbocycles. The average molecular weight is 355 g/mol. The number of ether oxygens (including phenoxy) is 3. The van der Waals surface area contributed by atoms with Crippen molar-refractivity contribution in [2.75, 3.05) is 21.3 Å². The molecular formula is C19H17NO4S. The Morgan fingerprint density at radius 2 is 1.64 bits per heavy atom. The SMILES string of the molecule is COc1ccc(/C=C2\SC(c3ccccc3)=NC2=O)c(OC)c1OC. The van der Waals surface area contributed by atoms with Crippen LogP contribution in [0.15, 0.2) is 52.4 Å². The van der Waals surface area contributed by atoms with Crippen LogP contribution in [0.5, 0.6) is 17.2 Å². The topological polar surface area (TPSA) is 57.1 Å². The fourth-order valence-corrected chi connectivity index (χ4v) is 3.40. The molecule has 25 heavy (non-hydrogen) atoms. The van der Waals surface area contributed by atoms with Crippen molar-refractivity contribution in [3.8, 4) is 17.2 Å². The van der Waals surface area contributed by atoms with E-state index in [9.17, 15) is 4.79 Å². The third kappa shape index (κ3) is 3.39. The number of methoxy groups -OCH3 is 3. The molecule has 2 aromatic rings. The smallest absolute Gasteiger partial charge is 0.284 e. The third-order valence-corrected chi connectivity index (χ3v) is 4.70. The van der Waals surface area contributed by atoms with Crippen molar-refractivity contribution >= 4 is 28.8 Å². The van der Waals surface area contributed by atoms with E-state index < -0.39 is 0 Å². The zero-order valence-electron chi connectivity index (χ0n) is 14.1. The van der Waals surface area contributed by atoms with Gasteiger partial charge in [0.1, 0.15) is 5.04 Å². The summed E-state index contributed by atoms with van der Waals surface area (Å²) in [6.07, 6.45) is 1.76. The fourth-order valence-electron chi connectivity index (χ4n) is 2.49. The number of carbonyl (C=O) groups excluding carboxylic acids is 1. The van der Waals surface area contributed by atoms with Crippen LogP contribution >= 0.6 is 11.8 Å². The molecule has 1 aliphatic rings. The van der Waals surface area contributed by atoms with E-state index in [0.717, 1.165) is 11.1 Å². The molecule has 0 unspecified atom stereocenters. The Hall–Kier alpha value is -2.73. The molecule has 0 aliphatic carbocycles. The molecule has 6 heteroatoms. The first-order valence-electron chi connectivity index (χ1n) is 7.55. The largest absolute Gasteiger partial charge is 0.493 e. The molecule has 1 heterocycles. The highest BCUT2D eigenvalue weighted by Gasteiger charge is 2.24. The summed E-state index contributed by atoms with van der Waals surface area (Å²) in [5, 5.41) is 0.691. The van der Waals surface area contributed by atoms with Gasteiger partial charge < -0.3 is 14.2 Å². The standard InChI is InChI=1S/C19H17NO4S/c1-22-14-10-9-13(16(23-2)17(14)24-3)11-15-18(21)20-19(25-15)12-7-5-4-6-8-12/h4-11H,1-3H3/b15-11-. The van der Waals surface area contributed by atoms with E-state index in [-0.39, 0.29) is 5.91 Å². The van der Waals surface area contributed by atoms with Gasteiger partial charge in [-0.15, -0.1) is 0 Å². The second-order valence-electron chi connectivity index (χ2n) is 5.12. The van der Waals surface area contributed by atoms with E-state index in [1.54, 1.807) is 33.5 Å². The highest BCUT2D eigenvalue weighted by Crippen LogP contribution is 2.42. The lowest BCUT2D eigenvalue weighted by Crippen LogP contribution is -1.97. The van der Waals surface area contributed by atoms with Crippen LogP contribution in [0.4, 0.5) is 0 Å². The number of carbonyl (C=O) groups is 1. The predicted molar refractivity (Wildman–Crippen MR) is 99.7 cm³/mol. The van der Waals surface area contributed by atoms with E-state index in [1.807, 2.05) is 36.4 Å². The summed E-state index contributed by atoms with van der Waals surface area (Å²) in [5.41, 5.74) is 1.64. The Morgan fingerprint density at radius 3 is 2.28 bits per heavy atom. The van der Waals surface area contributed by atoms with Gasteiger partial charge in [-0.25, -0.2) is 4.99 Å². The number of rotatable bonds is 5. The van der Waals surface area contributed by atoms with Crippen molar-refractivity contribution < 1.29 is 19.0 Å². The first-order chi connectivity index (χ1) is 12.2. The van der Waals surface area contributed by atoms with Crippen LogP contribution in [-0.2, 0) is 4.79 Å². The maximum Gasteiger partial charge on any atom is 0.284 e. The molecule has 128 valence electrons. The van der Waals surface area contributed by atoms with Crippen LogP contribution in [0.3, 0.4) is 0 Å². The highest BCUT2D eigenvalue weighted by molar-refractivity contribution is 8.19. The maximum absolute atomic E-state index is 12.3. The molecular weight excluding hydrogens is 338 g/mol. The van der Waals surface area contributed by atoms with Crippen molar-refractivity contribution in [2.45, 2.75) is 0 Å². The maximum atomic E-state index is 12.3. The lowest BCUT2D eigenvalue weighted by atomic mass is 10.1. The first kappa shape index (κ1) is 17.1. The average Bonchev–Trinajstić information content (AvgIpc) is 3.02. The summed E-state index contributed by atoms with van der Waals surface area (Å²) in [4.78, 5) is 16.9. The van der Waals surface area contributed by atoms with Gasteiger partial charge in [0.05, 0.1) is 26.2 Å². The van der Waals surface area contributed by atoms with E-state index >= 15 is 0 Å². The van der Waals surface area contributed by atoms with Crippen LogP contribution in [0, 0.1) is 0 Å². The lowest BCUT2D eigenvalue weighted by Gasteiger charge is -2.14. The highest BCUT2D eigenvalue weighted by atomic mass is 32.2. The zero-order chi connectivity index (χ0) is 17.8. The Labute approximate surface area is 150 Å². The van der Waals surface area contributed by atoms with Crippen molar-refractivity contribution in [1.82, 2.24) is 0 Å². The van der Waals surface area contributed by atoms with Gasteiger partial charge >= 0.3 is 0 Å². The van der Waals surface area contributed by atoms with Crippen LogP contribution in [0.1, 0.15) is 11.1 Å². The van der Waals surface area contributed by atoms with Crippen LogP contribution in [0.2, 0.25) is 0 Å². The number of hydrogen-bond acceptors (Lipinski definition) is 5. The normalized spacial score (nSPS) is 15.2. The minimum absolute atomic E-state index is 0.263. The Kier molecular flexibility index (Phi) is 5.09. The number of hydrogen-bond donors (Lipinski definition) is 0. The summed E-state index contributed by atoms with van der Waals surface area (Å²) in [6.45, 7) is 0. The van der Waals surface area contributed by atoms with E-state index in [4.69, 9.17) is 14.2 Å². The second kappa shape index (κ2) is 7.44. The summed E-state index contributed by atoms with van der Waals surface area (Å²) in [6, 6.07) is 13.2. The lowest BCUT2D eigenvalue weighted by molar-refractivity contribution is -0.113. The molecule has 0 spiro atoms. The van der Waals surface area contributed by atoms with Crippen molar-refractivity contribution in [1.29, 1.82) is 0 Å². The van der Waals surface area contributed by atoms with Crippen molar-refractivity contribution in [3.05, 3.63) is 58.5 Å². The summed E-state index contributed by atoms with van der Waals surface area (Å²) in [7, 11) is 4.66. The minimum Gasteiger partial charge on any atom is -0.493 e. The molecule has 1 amide bonds. The van der Waals surface area contributed by atoms with Gasteiger partial charge in [0, 0.05) is 11.1 Å². The molecule has 0 radical (unpaired) electrons. The van der Waals surface area contributed by atoms with Crippen LogP contribution in [-0.4, -0.2) is 32.3 Å². The number of benzene rings is 2. The van der Waals surface area contributed by atoms with Gasteiger partial charge in [-0.2, -0.15) is 0 Å². The van der Waals surface area contributed by atoms with E-state index in [0.29, 0.717) is 27.2 Å². The molecule has 0 aromatic heterocycles. The quantitative estimate of drug-likeness (QED) is 0.764. The van der Waals surface area contributed by atoms with Crippen LogP contribution in [0.25, 0.3) is 6.08 Å². The number of aliphatic imine (C=N–C) groups is 1. The van der Waals surface area contributed by atoms with Crippen molar-refractivity contribution in [2.24, 2.45) is 4.99 Å². The zero-order valence-corrected chi connectivity index (χ0v) is 14.9.